The number of anilines is 2. The standard InChI is InChI=1S/C14H13IN2O2/c15-11-4-6-13(7-5-11)17-19-14(18)9-10-2-1-3-12(16)8-10/h1-8,17H,9,16H2. The number of rotatable bonds is 4. The highest BCUT2D eigenvalue weighted by molar-refractivity contribution is 14.1. The molecule has 0 amide bonds. The quantitative estimate of drug-likeness (QED) is 0.495. The third-order valence-electron chi connectivity index (χ3n) is 2.43. The van der Waals surface area contributed by atoms with Crippen molar-refractivity contribution in [2.24, 2.45) is 0 Å². The third-order valence-corrected chi connectivity index (χ3v) is 3.15. The Morgan fingerprint density at radius 3 is 2.63 bits per heavy atom. The summed E-state index contributed by atoms with van der Waals surface area (Å²) in [6, 6.07) is 14.7. The first kappa shape index (κ1) is 13.7. The molecule has 0 saturated carbocycles. The van der Waals surface area contributed by atoms with Crippen LogP contribution >= 0.6 is 22.6 Å². The Labute approximate surface area is 125 Å². The van der Waals surface area contributed by atoms with Crippen LogP contribution < -0.4 is 11.2 Å². The predicted molar refractivity (Wildman–Crippen MR) is 83.4 cm³/mol. The molecule has 0 bridgehead atoms. The van der Waals surface area contributed by atoms with Crippen LogP contribution in [0.1, 0.15) is 5.56 Å². The van der Waals surface area contributed by atoms with Crippen LogP contribution in [0, 0.1) is 3.57 Å². The number of hydrogen-bond acceptors (Lipinski definition) is 4. The molecule has 4 nitrogen and oxygen atoms in total. The second-order valence-electron chi connectivity index (χ2n) is 4.00. The van der Waals surface area contributed by atoms with E-state index in [-0.39, 0.29) is 12.4 Å². The topological polar surface area (TPSA) is 64.4 Å². The third kappa shape index (κ3) is 4.44. The molecule has 5 heteroatoms. The van der Waals surface area contributed by atoms with Gasteiger partial charge in [0.25, 0.3) is 0 Å². The van der Waals surface area contributed by atoms with Gasteiger partial charge in [0.05, 0.1) is 12.1 Å². The van der Waals surface area contributed by atoms with E-state index in [1.165, 1.54) is 0 Å². The van der Waals surface area contributed by atoms with Crippen molar-refractivity contribution < 1.29 is 9.63 Å². The minimum atomic E-state index is -0.357. The molecule has 0 saturated heterocycles. The molecular weight excluding hydrogens is 355 g/mol. The van der Waals surface area contributed by atoms with Crippen LogP contribution in [-0.4, -0.2) is 5.97 Å². The van der Waals surface area contributed by atoms with Gasteiger partial charge in [-0.25, -0.2) is 10.3 Å². The maximum Gasteiger partial charge on any atom is 0.336 e. The van der Waals surface area contributed by atoms with E-state index in [2.05, 4.69) is 28.1 Å². The molecule has 0 atom stereocenters. The Morgan fingerprint density at radius 1 is 1.21 bits per heavy atom. The number of nitrogens with one attached hydrogen (secondary N) is 1. The minimum absolute atomic E-state index is 0.183. The van der Waals surface area contributed by atoms with Gasteiger partial charge in [0.1, 0.15) is 0 Å². The molecule has 0 aliphatic rings. The summed E-state index contributed by atoms with van der Waals surface area (Å²) in [5.74, 6) is -0.357. The van der Waals surface area contributed by atoms with Crippen molar-refractivity contribution in [3.05, 3.63) is 57.7 Å². The molecule has 19 heavy (non-hydrogen) atoms. The van der Waals surface area contributed by atoms with Gasteiger partial charge in [0.15, 0.2) is 0 Å². The summed E-state index contributed by atoms with van der Waals surface area (Å²) in [6.45, 7) is 0. The molecule has 2 aromatic rings. The van der Waals surface area contributed by atoms with E-state index in [0.717, 1.165) is 14.8 Å². The maximum atomic E-state index is 11.6. The van der Waals surface area contributed by atoms with Crippen LogP contribution in [0.15, 0.2) is 48.5 Å². The smallest absolute Gasteiger partial charge is 0.336 e. The fourth-order valence-electron chi connectivity index (χ4n) is 1.54. The minimum Gasteiger partial charge on any atom is -0.399 e. The normalized spacial score (nSPS) is 9.95. The molecule has 0 aliphatic heterocycles. The van der Waals surface area contributed by atoms with Gasteiger partial charge in [-0.15, -0.1) is 0 Å². The van der Waals surface area contributed by atoms with Gasteiger partial charge in [-0.1, -0.05) is 12.1 Å². The van der Waals surface area contributed by atoms with E-state index in [0.29, 0.717) is 5.69 Å². The molecule has 2 aromatic carbocycles. The zero-order valence-electron chi connectivity index (χ0n) is 10.1. The SMILES string of the molecule is Nc1cccc(CC(=O)ONc2ccc(I)cc2)c1. The number of nitrogens with two attached hydrogens (primary N) is 1. The van der Waals surface area contributed by atoms with Crippen LogP contribution in [-0.2, 0) is 16.1 Å². The van der Waals surface area contributed by atoms with Crippen LogP contribution in [0.4, 0.5) is 11.4 Å². The zero-order chi connectivity index (χ0) is 13.7. The number of carbonyl (C=O) groups excluding carboxylic acids is 1. The van der Waals surface area contributed by atoms with Crippen LogP contribution in [0.2, 0.25) is 0 Å². The van der Waals surface area contributed by atoms with Crippen LogP contribution in [0.3, 0.4) is 0 Å². The van der Waals surface area contributed by atoms with Crippen molar-refractivity contribution in [2.45, 2.75) is 6.42 Å². The monoisotopic (exact) mass is 368 g/mol. The highest BCUT2D eigenvalue weighted by Gasteiger charge is 2.05. The van der Waals surface area contributed by atoms with Crippen molar-refractivity contribution in [1.29, 1.82) is 0 Å². The lowest BCUT2D eigenvalue weighted by Gasteiger charge is -2.07. The number of nitrogen functional groups attached to an aromatic ring is 1. The molecule has 0 spiro atoms. The Balaban J connectivity index is 1.86. The first-order valence-electron chi connectivity index (χ1n) is 5.69. The lowest BCUT2D eigenvalue weighted by molar-refractivity contribution is -0.139. The average molecular weight is 368 g/mol. The van der Waals surface area contributed by atoms with E-state index in [4.69, 9.17) is 10.6 Å². The summed E-state index contributed by atoms with van der Waals surface area (Å²) >= 11 is 2.21. The summed E-state index contributed by atoms with van der Waals surface area (Å²) in [6.07, 6.45) is 0.183. The lowest BCUT2D eigenvalue weighted by atomic mass is 10.1. The Morgan fingerprint density at radius 2 is 1.95 bits per heavy atom. The van der Waals surface area contributed by atoms with E-state index < -0.39 is 0 Å². The molecular formula is C14H13IN2O2. The summed E-state index contributed by atoms with van der Waals surface area (Å²) in [4.78, 5) is 16.6. The number of carbonyl (C=O) groups is 1. The van der Waals surface area contributed by atoms with Crippen molar-refractivity contribution in [2.75, 3.05) is 11.2 Å². The van der Waals surface area contributed by atoms with Gasteiger partial charge < -0.3 is 10.6 Å². The van der Waals surface area contributed by atoms with Crippen molar-refractivity contribution >= 4 is 39.9 Å². The van der Waals surface area contributed by atoms with Crippen LogP contribution in [0.25, 0.3) is 0 Å². The van der Waals surface area contributed by atoms with Gasteiger partial charge in [-0.05, 0) is 64.6 Å². The summed E-state index contributed by atoms with van der Waals surface area (Å²) in [5.41, 5.74) is 10.5. The highest BCUT2D eigenvalue weighted by atomic mass is 127. The molecule has 2 rings (SSSR count). The fourth-order valence-corrected chi connectivity index (χ4v) is 1.90. The van der Waals surface area contributed by atoms with E-state index in [1.54, 1.807) is 12.1 Å². The van der Waals surface area contributed by atoms with Gasteiger partial charge in [0, 0.05) is 9.26 Å². The first-order valence-corrected chi connectivity index (χ1v) is 6.77. The van der Waals surface area contributed by atoms with E-state index in [1.807, 2.05) is 36.4 Å². The zero-order valence-corrected chi connectivity index (χ0v) is 12.3. The molecule has 3 N–H and O–H groups in total. The molecule has 0 radical (unpaired) electrons. The molecule has 0 aromatic heterocycles. The molecule has 0 aliphatic carbocycles. The summed E-state index contributed by atoms with van der Waals surface area (Å²) in [5, 5.41) is 0. The molecule has 98 valence electrons. The van der Waals surface area contributed by atoms with Crippen molar-refractivity contribution in [1.82, 2.24) is 0 Å². The molecule has 0 heterocycles. The van der Waals surface area contributed by atoms with Crippen molar-refractivity contribution in [3.8, 4) is 0 Å². The first-order chi connectivity index (χ1) is 9.13. The molecule has 0 fully saturated rings. The van der Waals surface area contributed by atoms with Crippen LogP contribution in [0.5, 0.6) is 0 Å². The highest BCUT2D eigenvalue weighted by Crippen LogP contribution is 2.12. The van der Waals surface area contributed by atoms with Gasteiger partial charge in [-0.2, -0.15) is 0 Å². The number of halogens is 1. The Hall–Kier alpha value is -1.76. The average Bonchev–Trinajstić information content (AvgIpc) is 2.38. The Kier molecular flexibility index (Phi) is 4.62. The summed E-state index contributed by atoms with van der Waals surface area (Å²) < 4.78 is 1.12. The lowest BCUT2D eigenvalue weighted by Crippen LogP contribution is -2.13. The number of hydrogen-bond donors (Lipinski definition) is 2. The predicted octanol–water partition coefficient (Wildman–Crippen LogP) is 2.99. The molecule has 0 unspecified atom stereocenters. The second-order valence-corrected chi connectivity index (χ2v) is 5.25. The Bertz CT molecular complexity index is 570. The maximum absolute atomic E-state index is 11.6. The van der Waals surface area contributed by atoms with Gasteiger partial charge in [-0.3, -0.25) is 0 Å². The van der Waals surface area contributed by atoms with E-state index in [9.17, 15) is 4.79 Å². The van der Waals surface area contributed by atoms with Crippen molar-refractivity contribution in [3.63, 3.8) is 0 Å². The fraction of sp³-hybridized carbons (Fsp3) is 0.0714. The van der Waals surface area contributed by atoms with Gasteiger partial charge >= 0.3 is 5.97 Å². The summed E-state index contributed by atoms with van der Waals surface area (Å²) in [7, 11) is 0. The number of benzene rings is 2. The second kappa shape index (κ2) is 6.42. The van der Waals surface area contributed by atoms with Gasteiger partial charge in [0.2, 0.25) is 0 Å². The van der Waals surface area contributed by atoms with E-state index >= 15 is 0 Å². The largest absolute Gasteiger partial charge is 0.399 e.